The summed E-state index contributed by atoms with van der Waals surface area (Å²) in [4.78, 5) is 18.5. The van der Waals surface area contributed by atoms with Crippen LogP contribution in [0.4, 0.5) is 0 Å². The highest BCUT2D eigenvalue weighted by molar-refractivity contribution is 6.18. The number of carbonyl (C=O) groups is 1. The highest BCUT2D eigenvalue weighted by atomic mass is 35.5. The van der Waals surface area contributed by atoms with Gasteiger partial charge in [0, 0.05) is 31.1 Å². The molecule has 5 nitrogen and oxygen atoms in total. The molecule has 0 N–H and O–H groups in total. The van der Waals surface area contributed by atoms with Gasteiger partial charge in [0.25, 0.3) is 0 Å². The number of likely N-dealkylation sites (tertiary alicyclic amines) is 1. The van der Waals surface area contributed by atoms with Crippen molar-refractivity contribution in [3.63, 3.8) is 0 Å². The predicted molar refractivity (Wildman–Crippen MR) is 76.6 cm³/mol. The van der Waals surface area contributed by atoms with Gasteiger partial charge in [-0.05, 0) is 25.8 Å². The Labute approximate surface area is 122 Å². The first-order chi connectivity index (χ1) is 9.66. The Morgan fingerprint density at radius 2 is 2.30 bits per heavy atom. The van der Waals surface area contributed by atoms with E-state index in [9.17, 15) is 4.79 Å². The van der Waals surface area contributed by atoms with E-state index < -0.39 is 0 Å². The van der Waals surface area contributed by atoms with Crippen molar-refractivity contribution in [3.05, 3.63) is 30.2 Å². The largest absolute Gasteiger partial charge is 0.332 e. The molecule has 0 saturated carbocycles. The van der Waals surface area contributed by atoms with Crippen LogP contribution in [0.2, 0.25) is 0 Å². The molecule has 3 heterocycles. The number of fused-ring (bicyclic) bond motifs is 1. The number of halogens is 1. The Morgan fingerprint density at radius 1 is 1.45 bits per heavy atom. The van der Waals surface area contributed by atoms with Crippen molar-refractivity contribution in [1.29, 1.82) is 0 Å². The summed E-state index contributed by atoms with van der Waals surface area (Å²) < 4.78 is 1.83. The van der Waals surface area contributed by atoms with Crippen LogP contribution in [0.3, 0.4) is 0 Å². The van der Waals surface area contributed by atoms with Crippen molar-refractivity contribution in [3.8, 4) is 0 Å². The smallest absolute Gasteiger partial charge is 0.224 e. The third-order valence-electron chi connectivity index (χ3n) is 4.09. The van der Waals surface area contributed by atoms with Crippen LogP contribution in [-0.2, 0) is 10.3 Å². The molecule has 1 atom stereocenters. The molecular weight excluding hydrogens is 276 g/mol. The van der Waals surface area contributed by atoms with Gasteiger partial charge in [0.15, 0.2) is 5.65 Å². The zero-order chi connectivity index (χ0) is 14.2. The first-order valence-electron chi connectivity index (χ1n) is 6.82. The molecule has 2 aromatic rings. The van der Waals surface area contributed by atoms with E-state index in [2.05, 4.69) is 17.0 Å². The maximum Gasteiger partial charge on any atom is 0.224 e. The van der Waals surface area contributed by atoms with Crippen molar-refractivity contribution in [1.82, 2.24) is 19.5 Å². The number of aromatic nitrogens is 3. The topological polar surface area (TPSA) is 50.5 Å². The fraction of sp³-hybridized carbons (Fsp3) is 0.500. The first kappa shape index (κ1) is 13.4. The Balaban J connectivity index is 2.06. The molecule has 2 aromatic heterocycles. The van der Waals surface area contributed by atoms with Gasteiger partial charge in [-0.2, -0.15) is 5.10 Å². The summed E-state index contributed by atoms with van der Waals surface area (Å²) in [7, 11) is 0. The molecule has 1 aliphatic heterocycles. The molecule has 106 valence electrons. The van der Waals surface area contributed by atoms with Crippen LogP contribution >= 0.6 is 11.6 Å². The number of carbonyl (C=O) groups excluding carboxylic acids is 1. The summed E-state index contributed by atoms with van der Waals surface area (Å²) in [5.41, 5.74) is 1.48. The normalized spacial score (nSPS) is 22.6. The Hall–Kier alpha value is -1.62. The van der Waals surface area contributed by atoms with Crippen LogP contribution in [-0.4, -0.2) is 37.8 Å². The van der Waals surface area contributed by atoms with Crippen molar-refractivity contribution < 1.29 is 4.79 Å². The molecule has 0 aliphatic carbocycles. The minimum atomic E-state index is -0.337. The standard InChI is InChI=1S/C14H17ClN4O/c1-14(6-2-10-18(14)13(20)3-7-15)11-4-8-16-12-5-9-17-19(11)12/h4-5,8-9H,2-3,6-7,10H2,1H3. The number of hydrogen-bond donors (Lipinski definition) is 0. The van der Waals surface area contributed by atoms with E-state index in [0.29, 0.717) is 12.3 Å². The predicted octanol–water partition coefficient (Wildman–Crippen LogP) is 2.20. The first-order valence-corrected chi connectivity index (χ1v) is 7.36. The van der Waals surface area contributed by atoms with Crippen LogP contribution in [0.15, 0.2) is 24.5 Å². The van der Waals surface area contributed by atoms with E-state index in [-0.39, 0.29) is 11.4 Å². The van der Waals surface area contributed by atoms with Gasteiger partial charge in [-0.3, -0.25) is 4.79 Å². The zero-order valence-corrected chi connectivity index (χ0v) is 12.2. The molecule has 0 bridgehead atoms. The molecule has 0 aromatic carbocycles. The quantitative estimate of drug-likeness (QED) is 0.815. The second-order valence-electron chi connectivity index (χ2n) is 5.29. The summed E-state index contributed by atoms with van der Waals surface area (Å²) in [6.45, 7) is 2.87. The molecule has 20 heavy (non-hydrogen) atoms. The average molecular weight is 293 g/mol. The summed E-state index contributed by atoms with van der Waals surface area (Å²) in [6.07, 6.45) is 5.81. The van der Waals surface area contributed by atoms with Gasteiger partial charge in [0.05, 0.1) is 17.4 Å². The van der Waals surface area contributed by atoms with E-state index >= 15 is 0 Å². The molecular formula is C14H17ClN4O. The van der Waals surface area contributed by atoms with E-state index in [1.807, 2.05) is 21.5 Å². The lowest BCUT2D eigenvalue weighted by atomic mass is 9.93. The van der Waals surface area contributed by atoms with Crippen LogP contribution in [0.25, 0.3) is 5.65 Å². The van der Waals surface area contributed by atoms with Crippen LogP contribution in [0.1, 0.15) is 31.9 Å². The number of alkyl halides is 1. The van der Waals surface area contributed by atoms with Crippen molar-refractivity contribution in [2.24, 2.45) is 0 Å². The van der Waals surface area contributed by atoms with E-state index in [1.54, 1.807) is 12.4 Å². The zero-order valence-electron chi connectivity index (χ0n) is 11.4. The maximum absolute atomic E-state index is 12.3. The number of nitrogens with zero attached hydrogens (tertiary/aromatic N) is 4. The van der Waals surface area contributed by atoms with E-state index in [1.165, 1.54) is 0 Å². The second kappa shape index (κ2) is 5.05. The highest BCUT2D eigenvalue weighted by Crippen LogP contribution is 2.38. The highest BCUT2D eigenvalue weighted by Gasteiger charge is 2.42. The molecule has 1 saturated heterocycles. The summed E-state index contributed by atoms with van der Waals surface area (Å²) in [6, 6.07) is 3.82. The Bertz CT molecular complexity index is 641. The monoisotopic (exact) mass is 292 g/mol. The fourth-order valence-electron chi connectivity index (χ4n) is 3.09. The second-order valence-corrected chi connectivity index (χ2v) is 5.67. The van der Waals surface area contributed by atoms with Gasteiger partial charge in [0.2, 0.25) is 5.91 Å². The summed E-state index contributed by atoms with van der Waals surface area (Å²) >= 11 is 5.72. The minimum Gasteiger partial charge on any atom is -0.332 e. The van der Waals surface area contributed by atoms with Gasteiger partial charge < -0.3 is 4.90 Å². The minimum absolute atomic E-state index is 0.108. The van der Waals surface area contributed by atoms with Gasteiger partial charge >= 0.3 is 0 Å². The van der Waals surface area contributed by atoms with Crippen LogP contribution < -0.4 is 0 Å². The van der Waals surface area contributed by atoms with E-state index in [0.717, 1.165) is 30.7 Å². The number of amides is 1. The molecule has 1 unspecified atom stereocenters. The van der Waals surface area contributed by atoms with Crippen molar-refractivity contribution in [2.75, 3.05) is 12.4 Å². The fourth-order valence-corrected chi connectivity index (χ4v) is 3.25. The maximum atomic E-state index is 12.3. The molecule has 0 spiro atoms. The lowest BCUT2D eigenvalue weighted by molar-refractivity contribution is -0.134. The van der Waals surface area contributed by atoms with Gasteiger partial charge in [-0.15, -0.1) is 11.6 Å². The molecule has 1 aliphatic rings. The molecule has 1 amide bonds. The third-order valence-corrected chi connectivity index (χ3v) is 4.28. The Kier molecular flexibility index (Phi) is 3.38. The van der Waals surface area contributed by atoms with Gasteiger partial charge in [0.1, 0.15) is 0 Å². The van der Waals surface area contributed by atoms with Gasteiger partial charge in [-0.1, -0.05) is 0 Å². The molecule has 0 radical (unpaired) electrons. The lowest BCUT2D eigenvalue weighted by Crippen LogP contribution is -2.44. The van der Waals surface area contributed by atoms with Gasteiger partial charge in [-0.25, -0.2) is 9.50 Å². The van der Waals surface area contributed by atoms with Crippen molar-refractivity contribution in [2.45, 2.75) is 31.7 Å². The summed E-state index contributed by atoms with van der Waals surface area (Å²) in [5, 5.41) is 4.34. The van der Waals surface area contributed by atoms with Crippen molar-refractivity contribution >= 4 is 23.2 Å². The van der Waals surface area contributed by atoms with Crippen LogP contribution in [0, 0.1) is 0 Å². The molecule has 1 fully saturated rings. The lowest BCUT2D eigenvalue weighted by Gasteiger charge is -2.35. The molecule has 3 rings (SSSR count). The summed E-state index contributed by atoms with van der Waals surface area (Å²) in [5.74, 6) is 0.469. The van der Waals surface area contributed by atoms with E-state index in [4.69, 9.17) is 11.6 Å². The SMILES string of the molecule is CC1(c2ccnc3ccnn23)CCCN1C(=O)CCCl. The van der Waals surface area contributed by atoms with Crippen LogP contribution in [0.5, 0.6) is 0 Å². The number of rotatable bonds is 3. The average Bonchev–Trinajstić information content (AvgIpc) is 3.05. The third kappa shape index (κ3) is 1.97. The Morgan fingerprint density at radius 3 is 3.10 bits per heavy atom. The molecule has 6 heteroatoms. The number of hydrogen-bond acceptors (Lipinski definition) is 3.